The molecule has 0 aliphatic heterocycles. The summed E-state index contributed by atoms with van der Waals surface area (Å²) >= 11 is 0. The normalized spacial score (nSPS) is 13.0. The number of anilines is 3. The summed E-state index contributed by atoms with van der Waals surface area (Å²) < 4.78 is 12.6. The van der Waals surface area contributed by atoms with Crippen LogP contribution in [0.1, 0.15) is 25.0 Å². The molecule has 1 aliphatic carbocycles. The summed E-state index contributed by atoms with van der Waals surface area (Å²) in [6, 6.07) is 64.6. The van der Waals surface area contributed by atoms with E-state index in [0.717, 1.165) is 66.8 Å². The van der Waals surface area contributed by atoms with Crippen LogP contribution in [0.3, 0.4) is 0 Å². The second kappa shape index (κ2) is 12.4. The Morgan fingerprint density at radius 3 is 1.71 bits per heavy atom. The van der Waals surface area contributed by atoms with Crippen molar-refractivity contribution in [2.45, 2.75) is 19.3 Å². The van der Waals surface area contributed by atoms with Crippen molar-refractivity contribution in [1.82, 2.24) is 4.98 Å². The number of nitrogens with zero attached hydrogens (tertiary/aromatic N) is 2. The molecule has 0 fully saturated rings. The summed E-state index contributed by atoms with van der Waals surface area (Å²) in [6.45, 7) is 4.66. The number of furan rings is 1. The zero-order valence-electron chi connectivity index (χ0n) is 31.0. The van der Waals surface area contributed by atoms with E-state index in [1.165, 1.54) is 33.4 Å². The van der Waals surface area contributed by atoms with Crippen molar-refractivity contribution in [3.63, 3.8) is 0 Å². The monoisotopic (exact) mass is 720 g/mol. The van der Waals surface area contributed by atoms with Crippen molar-refractivity contribution in [2.24, 2.45) is 0 Å². The Hall–Kier alpha value is -7.17. The molecule has 266 valence electrons. The van der Waals surface area contributed by atoms with Gasteiger partial charge in [-0.05, 0) is 111 Å². The summed E-state index contributed by atoms with van der Waals surface area (Å²) in [4.78, 5) is 7.12. The number of rotatable bonds is 6. The quantitative estimate of drug-likeness (QED) is 0.171. The highest BCUT2D eigenvalue weighted by Gasteiger charge is 2.35. The molecule has 0 spiro atoms. The first-order valence-electron chi connectivity index (χ1n) is 19.1. The maximum absolute atomic E-state index is 6.33. The predicted octanol–water partition coefficient (Wildman–Crippen LogP) is 14.5. The van der Waals surface area contributed by atoms with Gasteiger partial charge >= 0.3 is 0 Å². The van der Waals surface area contributed by atoms with E-state index in [1.807, 2.05) is 36.4 Å². The number of fused-ring (bicyclic) bond motifs is 7. The van der Waals surface area contributed by atoms with Gasteiger partial charge in [0.1, 0.15) is 16.7 Å². The van der Waals surface area contributed by atoms with Crippen molar-refractivity contribution >= 4 is 50.1 Å². The van der Waals surface area contributed by atoms with E-state index in [4.69, 9.17) is 13.8 Å². The SMILES string of the molecule is CC1(C)c2ccccc2-c2cc(N(c3ccc(-c4ccccc4)cc3)c3ccc(-c4ccc5oc6cc7nc(-c8ccccc8)oc7cc6c5c4)cc3)ccc21. The van der Waals surface area contributed by atoms with Gasteiger partial charge in [0.15, 0.2) is 5.58 Å². The fraction of sp³-hybridized carbons (Fsp3) is 0.0577. The standard InChI is InChI=1S/C52H36N2O2/c1-52(2)45-16-10-9-15-41(45)42-30-40(26-27-46(42)52)54(38-22-17-34(18-23-38)33-11-5-3-6-12-33)39-24-19-35(20-25-39)37-21-28-48-43(29-37)44-31-50-47(32-49(44)55-48)53-51(56-50)36-13-7-4-8-14-36/h3-32H,1-2H3. The van der Waals surface area contributed by atoms with Crippen molar-refractivity contribution in [3.8, 4) is 44.8 Å². The van der Waals surface area contributed by atoms with Gasteiger partial charge in [-0.3, -0.25) is 0 Å². The van der Waals surface area contributed by atoms with E-state index in [0.29, 0.717) is 5.89 Å². The van der Waals surface area contributed by atoms with E-state index in [-0.39, 0.29) is 5.41 Å². The molecular weight excluding hydrogens is 685 g/mol. The highest BCUT2D eigenvalue weighted by Crippen LogP contribution is 2.50. The van der Waals surface area contributed by atoms with Gasteiger partial charge in [0.05, 0.1) is 0 Å². The van der Waals surface area contributed by atoms with Gasteiger partial charge in [-0.25, -0.2) is 4.98 Å². The molecule has 0 bridgehead atoms. The Kier molecular flexibility index (Phi) is 7.17. The van der Waals surface area contributed by atoms with Gasteiger partial charge in [0.25, 0.3) is 0 Å². The molecule has 11 rings (SSSR count). The highest BCUT2D eigenvalue weighted by molar-refractivity contribution is 6.10. The van der Waals surface area contributed by atoms with Gasteiger partial charge in [0.2, 0.25) is 5.89 Å². The molecular formula is C52H36N2O2. The third-order valence-corrected chi connectivity index (χ3v) is 11.5. The summed E-state index contributed by atoms with van der Waals surface area (Å²) in [5, 5.41) is 2.05. The molecule has 0 saturated heterocycles. The minimum Gasteiger partial charge on any atom is -0.456 e. The molecule has 56 heavy (non-hydrogen) atoms. The van der Waals surface area contributed by atoms with Crippen LogP contribution in [-0.2, 0) is 5.41 Å². The lowest BCUT2D eigenvalue weighted by Gasteiger charge is -2.27. The van der Waals surface area contributed by atoms with Crippen LogP contribution in [0.2, 0.25) is 0 Å². The van der Waals surface area contributed by atoms with Crippen LogP contribution in [0.15, 0.2) is 191 Å². The van der Waals surface area contributed by atoms with Crippen LogP contribution in [0.25, 0.3) is 77.9 Å². The Morgan fingerprint density at radius 2 is 0.982 bits per heavy atom. The van der Waals surface area contributed by atoms with Gasteiger partial charge in [-0.2, -0.15) is 0 Å². The highest BCUT2D eigenvalue weighted by atomic mass is 16.4. The third kappa shape index (κ3) is 5.18. The van der Waals surface area contributed by atoms with Crippen molar-refractivity contribution in [2.75, 3.05) is 4.90 Å². The molecule has 0 N–H and O–H groups in total. The van der Waals surface area contributed by atoms with Gasteiger partial charge in [-0.15, -0.1) is 0 Å². The number of oxazole rings is 1. The van der Waals surface area contributed by atoms with E-state index in [1.54, 1.807) is 0 Å². The Bertz CT molecular complexity index is 3080. The van der Waals surface area contributed by atoms with E-state index >= 15 is 0 Å². The third-order valence-electron chi connectivity index (χ3n) is 11.5. The second-order valence-corrected chi connectivity index (χ2v) is 15.2. The second-order valence-electron chi connectivity index (χ2n) is 15.2. The molecule has 2 heterocycles. The summed E-state index contributed by atoms with van der Waals surface area (Å²) in [5.74, 6) is 0.605. The van der Waals surface area contributed by atoms with Crippen LogP contribution in [0.5, 0.6) is 0 Å². The lowest BCUT2D eigenvalue weighted by Crippen LogP contribution is -2.15. The Balaban J connectivity index is 0.984. The molecule has 10 aromatic rings. The van der Waals surface area contributed by atoms with Crippen LogP contribution in [0, 0.1) is 0 Å². The largest absolute Gasteiger partial charge is 0.456 e. The maximum atomic E-state index is 6.33. The zero-order chi connectivity index (χ0) is 37.4. The minimum absolute atomic E-state index is 0.0539. The van der Waals surface area contributed by atoms with E-state index in [2.05, 4.69) is 164 Å². The molecule has 0 saturated carbocycles. The molecule has 0 amide bonds. The smallest absolute Gasteiger partial charge is 0.227 e. The summed E-state index contributed by atoms with van der Waals surface area (Å²) in [6.07, 6.45) is 0. The molecule has 2 aromatic heterocycles. The topological polar surface area (TPSA) is 42.4 Å². The van der Waals surface area contributed by atoms with Crippen LogP contribution in [0.4, 0.5) is 17.1 Å². The van der Waals surface area contributed by atoms with Crippen LogP contribution < -0.4 is 4.90 Å². The average molecular weight is 721 g/mol. The Labute approximate surface area is 324 Å². The molecule has 1 aliphatic rings. The molecule has 8 aromatic carbocycles. The average Bonchev–Trinajstić information content (AvgIpc) is 3.90. The summed E-state index contributed by atoms with van der Waals surface area (Å²) in [7, 11) is 0. The molecule has 0 atom stereocenters. The first kappa shape index (κ1) is 32.3. The lowest BCUT2D eigenvalue weighted by molar-refractivity contribution is 0.620. The van der Waals surface area contributed by atoms with Crippen molar-refractivity contribution in [1.29, 1.82) is 0 Å². The van der Waals surface area contributed by atoms with E-state index < -0.39 is 0 Å². The first-order chi connectivity index (χ1) is 27.5. The molecule has 4 nitrogen and oxygen atoms in total. The van der Waals surface area contributed by atoms with E-state index in [9.17, 15) is 0 Å². The van der Waals surface area contributed by atoms with Crippen molar-refractivity contribution in [3.05, 3.63) is 193 Å². The number of hydrogen-bond acceptors (Lipinski definition) is 4. The number of aromatic nitrogens is 1. The van der Waals surface area contributed by atoms with Gasteiger partial charge in [0, 0.05) is 44.9 Å². The van der Waals surface area contributed by atoms with Crippen molar-refractivity contribution < 1.29 is 8.83 Å². The first-order valence-corrected chi connectivity index (χ1v) is 19.1. The molecule has 0 radical (unpaired) electrons. The van der Waals surface area contributed by atoms with Gasteiger partial charge in [-0.1, -0.05) is 123 Å². The summed E-state index contributed by atoms with van der Waals surface area (Å²) in [5.41, 5.74) is 17.3. The predicted molar refractivity (Wildman–Crippen MR) is 230 cm³/mol. The number of hydrogen-bond donors (Lipinski definition) is 0. The molecule has 0 unspecified atom stereocenters. The fourth-order valence-corrected chi connectivity index (χ4v) is 8.61. The number of benzene rings is 8. The maximum Gasteiger partial charge on any atom is 0.227 e. The minimum atomic E-state index is -0.0539. The lowest BCUT2D eigenvalue weighted by atomic mass is 9.82. The van der Waals surface area contributed by atoms with Crippen LogP contribution in [-0.4, -0.2) is 4.98 Å². The van der Waals surface area contributed by atoms with Gasteiger partial charge < -0.3 is 13.7 Å². The Morgan fingerprint density at radius 1 is 0.411 bits per heavy atom. The molecule has 4 heteroatoms. The van der Waals surface area contributed by atoms with Crippen LogP contribution >= 0.6 is 0 Å². The zero-order valence-corrected chi connectivity index (χ0v) is 31.0. The fourth-order valence-electron chi connectivity index (χ4n) is 8.61.